The summed E-state index contributed by atoms with van der Waals surface area (Å²) in [5.74, 6) is 1.12. The fraction of sp³-hybridized carbons (Fsp3) is 0.938. The summed E-state index contributed by atoms with van der Waals surface area (Å²) >= 11 is 0. The Hall–Kier alpha value is 0. The number of guanidine groups is 1. The first-order valence-electron chi connectivity index (χ1n) is 7.90. The van der Waals surface area contributed by atoms with Crippen LogP contribution in [0, 0.1) is 10.8 Å². The highest BCUT2D eigenvalue weighted by Gasteiger charge is 2.43. The number of likely N-dealkylation sites (tertiary alicyclic amines) is 1. The summed E-state index contributed by atoms with van der Waals surface area (Å²) in [6.45, 7) is 10.4. The molecule has 1 aliphatic heterocycles. The lowest BCUT2D eigenvalue weighted by molar-refractivity contribution is 0.151. The molecule has 1 heterocycles. The Balaban J connectivity index is 0.00000200. The molecule has 1 aliphatic carbocycles. The Labute approximate surface area is 142 Å². The zero-order chi connectivity index (χ0) is 13.9. The van der Waals surface area contributed by atoms with Gasteiger partial charge in [-0.05, 0) is 42.9 Å². The second kappa shape index (κ2) is 7.32. The molecule has 0 bridgehead atoms. The van der Waals surface area contributed by atoms with Crippen molar-refractivity contribution in [1.82, 2.24) is 10.2 Å². The number of hydrogen-bond acceptors (Lipinski definition) is 1. The molecule has 0 atom stereocenters. The van der Waals surface area contributed by atoms with E-state index in [1.165, 1.54) is 51.6 Å². The van der Waals surface area contributed by atoms with Crippen LogP contribution in [0.1, 0.15) is 59.3 Å². The molecule has 2 rings (SSSR count). The van der Waals surface area contributed by atoms with Crippen LogP contribution in [0.3, 0.4) is 0 Å². The van der Waals surface area contributed by atoms with E-state index >= 15 is 0 Å². The van der Waals surface area contributed by atoms with Gasteiger partial charge in [-0.25, -0.2) is 0 Å². The Morgan fingerprint density at radius 2 is 1.95 bits per heavy atom. The molecule has 0 unspecified atom stereocenters. The fourth-order valence-corrected chi connectivity index (χ4v) is 3.35. The molecule has 0 aromatic carbocycles. The van der Waals surface area contributed by atoms with Crippen LogP contribution in [0.5, 0.6) is 0 Å². The molecule has 1 N–H and O–H groups in total. The molecule has 20 heavy (non-hydrogen) atoms. The molecular weight excluding hydrogens is 361 g/mol. The topological polar surface area (TPSA) is 27.6 Å². The maximum absolute atomic E-state index is 4.46. The molecule has 3 nitrogen and oxygen atoms in total. The highest BCUT2D eigenvalue weighted by Crippen LogP contribution is 2.47. The van der Waals surface area contributed by atoms with Crippen LogP contribution in [-0.2, 0) is 0 Å². The third-order valence-electron chi connectivity index (χ3n) is 4.75. The van der Waals surface area contributed by atoms with E-state index in [9.17, 15) is 0 Å². The zero-order valence-corrected chi connectivity index (χ0v) is 16.0. The zero-order valence-electron chi connectivity index (χ0n) is 13.7. The SMILES string of the molecule is CN=C(NCCCC(C)(C)C)N1CCC2(CCC2)C1.I. The van der Waals surface area contributed by atoms with E-state index < -0.39 is 0 Å². The van der Waals surface area contributed by atoms with Gasteiger partial charge in [0.05, 0.1) is 0 Å². The summed E-state index contributed by atoms with van der Waals surface area (Å²) in [6, 6.07) is 0. The van der Waals surface area contributed by atoms with Crippen molar-refractivity contribution < 1.29 is 0 Å². The van der Waals surface area contributed by atoms with Gasteiger partial charge in [-0.1, -0.05) is 27.2 Å². The maximum Gasteiger partial charge on any atom is 0.193 e. The van der Waals surface area contributed by atoms with Crippen LogP contribution in [0.4, 0.5) is 0 Å². The van der Waals surface area contributed by atoms with E-state index in [1.54, 1.807) is 0 Å². The van der Waals surface area contributed by atoms with Gasteiger partial charge in [-0.2, -0.15) is 0 Å². The summed E-state index contributed by atoms with van der Waals surface area (Å²) < 4.78 is 0. The number of halogens is 1. The molecule has 2 aliphatic rings. The summed E-state index contributed by atoms with van der Waals surface area (Å²) in [4.78, 5) is 6.93. The minimum Gasteiger partial charge on any atom is -0.356 e. The molecule has 118 valence electrons. The molecule has 0 aromatic heterocycles. The largest absolute Gasteiger partial charge is 0.356 e. The monoisotopic (exact) mass is 393 g/mol. The lowest BCUT2D eigenvalue weighted by atomic mass is 9.68. The van der Waals surface area contributed by atoms with Crippen molar-refractivity contribution in [2.45, 2.75) is 59.3 Å². The number of nitrogens with one attached hydrogen (secondary N) is 1. The van der Waals surface area contributed by atoms with E-state index in [2.05, 4.69) is 36.0 Å². The van der Waals surface area contributed by atoms with Gasteiger partial charge in [0.1, 0.15) is 0 Å². The Kier molecular flexibility index (Phi) is 6.61. The number of hydrogen-bond donors (Lipinski definition) is 1. The quantitative estimate of drug-likeness (QED) is 0.341. The van der Waals surface area contributed by atoms with E-state index in [1.807, 2.05) is 7.05 Å². The Bertz CT molecular complexity index is 329. The van der Waals surface area contributed by atoms with Crippen LogP contribution in [0.15, 0.2) is 4.99 Å². The average molecular weight is 393 g/mol. The molecule has 1 saturated carbocycles. The standard InChI is InChI=1S/C16H31N3.HI/c1-15(2,3)7-6-11-18-14(17-4)19-12-10-16(13-19)8-5-9-16;/h5-13H2,1-4H3,(H,17,18);1H. The van der Waals surface area contributed by atoms with Gasteiger partial charge >= 0.3 is 0 Å². The predicted octanol–water partition coefficient (Wildman–Crippen LogP) is 3.88. The first-order chi connectivity index (χ1) is 8.94. The number of aliphatic imine (C=N–C) groups is 1. The van der Waals surface area contributed by atoms with Gasteiger partial charge in [0.15, 0.2) is 5.96 Å². The highest BCUT2D eigenvalue weighted by molar-refractivity contribution is 14.0. The van der Waals surface area contributed by atoms with Gasteiger partial charge in [0.2, 0.25) is 0 Å². The summed E-state index contributed by atoms with van der Waals surface area (Å²) in [7, 11) is 1.91. The van der Waals surface area contributed by atoms with Gasteiger partial charge in [-0.15, -0.1) is 24.0 Å². The average Bonchev–Trinajstić information content (AvgIpc) is 2.72. The van der Waals surface area contributed by atoms with Crippen molar-refractivity contribution in [3.05, 3.63) is 0 Å². The van der Waals surface area contributed by atoms with Crippen molar-refractivity contribution in [1.29, 1.82) is 0 Å². The van der Waals surface area contributed by atoms with E-state index in [-0.39, 0.29) is 24.0 Å². The van der Waals surface area contributed by atoms with E-state index in [0.29, 0.717) is 10.8 Å². The maximum atomic E-state index is 4.46. The predicted molar refractivity (Wildman–Crippen MR) is 97.9 cm³/mol. The summed E-state index contributed by atoms with van der Waals surface area (Å²) in [5.41, 5.74) is 1.10. The van der Waals surface area contributed by atoms with Crippen molar-refractivity contribution >= 4 is 29.9 Å². The van der Waals surface area contributed by atoms with E-state index in [0.717, 1.165) is 12.5 Å². The van der Waals surface area contributed by atoms with Crippen molar-refractivity contribution in [3.63, 3.8) is 0 Å². The molecule has 1 spiro atoms. The highest BCUT2D eigenvalue weighted by atomic mass is 127. The van der Waals surface area contributed by atoms with Gasteiger partial charge < -0.3 is 10.2 Å². The van der Waals surface area contributed by atoms with E-state index in [4.69, 9.17) is 0 Å². The first kappa shape index (κ1) is 18.1. The van der Waals surface area contributed by atoms with Crippen molar-refractivity contribution in [2.75, 3.05) is 26.7 Å². The third-order valence-corrected chi connectivity index (χ3v) is 4.75. The van der Waals surface area contributed by atoms with Crippen LogP contribution < -0.4 is 5.32 Å². The summed E-state index contributed by atoms with van der Waals surface area (Å²) in [5, 5.41) is 3.55. The molecule has 4 heteroatoms. The van der Waals surface area contributed by atoms with Crippen molar-refractivity contribution in [3.8, 4) is 0 Å². The molecule has 0 amide bonds. The van der Waals surface area contributed by atoms with Crippen LogP contribution in [-0.4, -0.2) is 37.5 Å². The lowest BCUT2D eigenvalue weighted by Crippen LogP contribution is -2.42. The Morgan fingerprint density at radius 1 is 1.25 bits per heavy atom. The van der Waals surface area contributed by atoms with Crippen LogP contribution >= 0.6 is 24.0 Å². The summed E-state index contributed by atoms with van der Waals surface area (Å²) in [6.07, 6.45) is 8.17. The minimum absolute atomic E-state index is 0. The Morgan fingerprint density at radius 3 is 2.40 bits per heavy atom. The second-order valence-electron chi connectivity index (χ2n) is 7.66. The van der Waals surface area contributed by atoms with Gasteiger partial charge in [0, 0.05) is 26.7 Å². The molecule has 2 fully saturated rings. The normalized spacial score (nSPS) is 21.6. The number of nitrogens with zero attached hydrogens (tertiary/aromatic N) is 2. The second-order valence-corrected chi connectivity index (χ2v) is 7.66. The van der Waals surface area contributed by atoms with Crippen LogP contribution in [0.25, 0.3) is 0 Å². The first-order valence-corrected chi connectivity index (χ1v) is 7.90. The van der Waals surface area contributed by atoms with Gasteiger partial charge in [0.25, 0.3) is 0 Å². The molecular formula is C16H32IN3. The molecule has 0 aromatic rings. The number of rotatable bonds is 3. The minimum atomic E-state index is 0. The van der Waals surface area contributed by atoms with Crippen LogP contribution in [0.2, 0.25) is 0 Å². The lowest BCUT2D eigenvalue weighted by Gasteiger charge is -2.38. The fourth-order valence-electron chi connectivity index (χ4n) is 3.35. The third kappa shape index (κ3) is 4.78. The molecule has 0 radical (unpaired) electrons. The smallest absolute Gasteiger partial charge is 0.193 e. The van der Waals surface area contributed by atoms with Gasteiger partial charge in [-0.3, -0.25) is 4.99 Å². The molecule has 1 saturated heterocycles. The van der Waals surface area contributed by atoms with Crippen molar-refractivity contribution in [2.24, 2.45) is 15.8 Å².